The van der Waals surface area contributed by atoms with Gasteiger partial charge in [-0.25, -0.2) is 4.79 Å². The highest BCUT2D eigenvalue weighted by Gasteiger charge is 2.31. The number of anilines is 2. The van der Waals surface area contributed by atoms with Gasteiger partial charge < -0.3 is 24.0 Å². The SMILES string of the molecule is COc1ccc(OC)c(N2CC(C)Cn3c2nc2c3c(=O)n(CCCO)c(=O)n2C)c1. The number of benzene rings is 1. The van der Waals surface area contributed by atoms with Gasteiger partial charge in [0, 0.05) is 39.4 Å². The molecule has 1 aliphatic rings. The molecule has 1 aromatic carbocycles. The summed E-state index contributed by atoms with van der Waals surface area (Å²) in [6, 6.07) is 5.53. The highest BCUT2D eigenvalue weighted by Crippen LogP contribution is 2.39. The van der Waals surface area contributed by atoms with E-state index in [0.29, 0.717) is 48.1 Å². The van der Waals surface area contributed by atoms with Crippen molar-refractivity contribution in [2.45, 2.75) is 26.4 Å². The first-order valence-corrected chi connectivity index (χ1v) is 10.2. The quantitative estimate of drug-likeness (QED) is 0.625. The summed E-state index contributed by atoms with van der Waals surface area (Å²) in [5.74, 6) is 2.12. The fraction of sp³-hybridized carbons (Fsp3) is 0.476. The van der Waals surface area contributed by atoms with Crippen molar-refractivity contribution in [3.05, 3.63) is 39.0 Å². The Hall–Kier alpha value is -3.27. The Morgan fingerprint density at radius 2 is 1.97 bits per heavy atom. The minimum atomic E-state index is -0.444. The number of ether oxygens (including phenoxy) is 2. The highest BCUT2D eigenvalue weighted by atomic mass is 16.5. The topological polar surface area (TPSA) is 104 Å². The summed E-state index contributed by atoms with van der Waals surface area (Å²) < 4.78 is 15.4. The molecule has 0 radical (unpaired) electrons. The zero-order valence-corrected chi connectivity index (χ0v) is 18.2. The van der Waals surface area contributed by atoms with Crippen LogP contribution in [0.1, 0.15) is 13.3 Å². The van der Waals surface area contributed by atoms with Crippen LogP contribution in [0.5, 0.6) is 11.5 Å². The number of imidazole rings is 1. The summed E-state index contributed by atoms with van der Waals surface area (Å²) in [4.78, 5) is 32.7. The Kier molecular flexibility index (Phi) is 5.48. The number of aromatic nitrogens is 4. The summed E-state index contributed by atoms with van der Waals surface area (Å²) in [5, 5.41) is 9.16. The standard InChI is InChI=1S/C21H27N5O5/c1-13-11-25(15-10-14(30-3)6-7-16(15)31-4)20-22-18-17(26(20)12-13)19(28)24(8-5-9-27)21(29)23(18)2/h6-7,10,13,27H,5,8-9,11-12H2,1-4H3. The molecule has 1 N–H and O–H groups in total. The van der Waals surface area contributed by atoms with E-state index in [2.05, 4.69) is 6.92 Å². The second kappa shape index (κ2) is 8.10. The Morgan fingerprint density at radius 3 is 2.65 bits per heavy atom. The predicted octanol–water partition coefficient (Wildman–Crippen LogP) is 1.08. The van der Waals surface area contributed by atoms with E-state index in [0.717, 1.165) is 5.69 Å². The van der Waals surface area contributed by atoms with Crippen LogP contribution in [0, 0.1) is 5.92 Å². The number of hydrogen-bond donors (Lipinski definition) is 1. The van der Waals surface area contributed by atoms with E-state index in [4.69, 9.17) is 19.6 Å². The Labute approximate surface area is 178 Å². The molecule has 3 heterocycles. The lowest BCUT2D eigenvalue weighted by Gasteiger charge is -2.33. The third kappa shape index (κ3) is 3.36. The normalized spacial score (nSPS) is 15.9. The lowest BCUT2D eigenvalue weighted by Crippen LogP contribution is -2.40. The number of nitrogens with zero attached hydrogens (tertiary/aromatic N) is 5. The molecule has 0 bridgehead atoms. The maximum absolute atomic E-state index is 13.3. The number of hydrogen-bond acceptors (Lipinski definition) is 7. The van der Waals surface area contributed by atoms with E-state index < -0.39 is 11.2 Å². The largest absolute Gasteiger partial charge is 0.497 e. The molecule has 0 amide bonds. The van der Waals surface area contributed by atoms with Gasteiger partial charge in [0.15, 0.2) is 11.2 Å². The number of fused-ring (bicyclic) bond motifs is 3. The van der Waals surface area contributed by atoms with Crippen LogP contribution < -0.4 is 25.6 Å². The van der Waals surface area contributed by atoms with E-state index in [1.165, 1.54) is 9.13 Å². The smallest absolute Gasteiger partial charge is 0.332 e. The van der Waals surface area contributed by atoms with Crippen molar-refractivity contribution in [1.29, 1.82) is 0 Å². The van der Waals surface area contributed by atoms with Gasteiger partial charge in [0.05, 0.1) is 19.9 Å². The number of aliphatic hydroxyl groups is 1. The van der Waals surface area contributed by atoms with Gasteiger partial charge in [-0.3, -0.25) is 13.9 Å². The zero-order valence-electron chi connectivity index (χ0n) is 18.2. The fourth-order valence-corrected chi connectivity index (χ4v) is 4.14. The molecule has 0 fully saturated rings. The maximum atomic E-state index is 13.3. The van der Waals surface area contributed by atoms with E-state index in [9.17, 15) is 9.59 Å². The lowest BCUT2D eigenvalue weighted by atomic mass is 10.1. The second-order valence-electron chi connectivity index (χ2n) is 7.82. The maximum Gasteiger partial charge on any atom is 0.332 e. The molecule has 10 nitrogen and oxygen atoms in total. The van der Waals surface area contributed by atoms with Crippen molar-refractivity contribution in [3.63, 3.8) is 0 Å². The second-order valence-corrected chi connectivity index (χ2v) is 7.82. The summed E-state index contributed by atoms with van der Waals surface area (Å²) in [7, 11) is 4.81. The van der Waals surface area contributed by atoms with Crippen molar-refractivity contribution in [2.75, 3.05) is 32.3 Å². The molecule has 1 aliphatic heterocycles. The minimum absolute atomic E-state index is 0.0986. The van der Waals surface area contributed by atoms with Crippen LogP contribution >= 0.6 is 0 Å². The van der Waals surface area contributed by atoms with Crippen LogP contribution in [0.25, 0.3) is 11.2 Å². The number of aryl methyl sites for hydroxylation is 1. The molecular weight excluding hydrogens is 402 g/mol. The van der Waals surface area contributed by atoms with Crippen molar-refractivity contribution in [2.24, 2.45) is 13.0 Å². The lowest BCUT2D eigenvalue weighted by molar-refractivity contribution is 0.277. The van der Waals surface area contributed by atoms with Crippen molar-refractivity contribution in [1.82, 2.24) is 18.7 Å². The molecule has 0 saturated heterocycles. The molecule has 0 aliphatic carbocycles. The molecule has 4 rings (SSSR count). The van der Waals surface area contributed by atoms with E-state index in [-0.39, 0.29) is 19.1 Å². The Bertz CT molecular complexity index is 1240. The Morgan fingerprint density at radius 1 is 1.19 bits per heavy atom. The monoisotopic (exact) mass is 429 g/mol. The molecular formula is C21H27N5O5. The van der Waals surface area contributed by atoms with Crippen LogP contribution in [0.2, 0.25) is 0 Å². The van der Waals surface area contributed by atoms with Crippen LogP contribution in [-0.4, -0.2) is 51.2 Å². The number of methoxy groups -OCH3 is 2. The summed E-state index contributed by atoms with van der Waals surface area (Å²) >= 11 is 0. The molecule has 1 atom stereocenters. The zero-order chi connectivity index (χ0) is 22.3. The predicted molar refractivity (Wildman–Crippen MR) is 117 cm³/mol. The molecule has 2 aromatic heterocycles. The average molecular weight is 429 g/mol. The first-order chi connectivity index (χ1) is 14.9. The first kappa shape index (κ1) is 21.0. The van der Waals surface area contributed by atoms with Crippen molar-refractivity contribution in [3.8, 4) is 11.5 Å². The molecule has 166 valence electrons. The van der Waals surface area contributed by atoms with Gasteiger partial charge in [0.1, 0.15) is 11.5 Å². The fourth-order valence-electron chi connectivity index (χ4n) is 4.14. The van der Waals surface area contributed by atoms with Gasteiger partial charge in [-0.1, -0.05) is 6.92 Å². The van der Waals surface area contributed by atoms with E-state index in [1.807, 2.05) is 27.7 Å². The third-order valence-corrected chi connectivity index (χ3v) is 5.66. The van der Waals surface area contributed by atoms with Crippen LogP contribution in [0.3, 0.4) is 0 Å². The molecule has 3 aromatic rings. The molecule has 31 heavy (non-hydrogen) atoms. The highest BCUT2D eigenvalue weighted by molar-refractivity contribution is 5.78. The molecule has 0 spiro atoms. The minimum Gasteiger partial charge on any atom is -0.497 e. The van der Waals surface area contributed by atoms with Gasteiger partial charge in [0.25, 0.3) is 5.56 Å². The summed E-state index contributed by atoms with van der Waals surface area (Å²) in [5.41, 5.74) is 0.659. The average Bonchev–Trinajstić information content (AvgIpc) is 3.16. The summed E-state index contributed by atoms with van der Waals surface area (Å²) in [6.07, 6.45) is 0.325. The molecule has 1 unspecified atom stereocenters. The Balaban J connectivity index is 1.99. The van der Waals surface area contributed by atoms with Crippen molar-refractivity contribution >= 4 is 22.8 Å². The number of rotatable bonds is 6. The molecule has 0 saturated carbocycles. The summed E-state index contributed by atoms with van der Waals surface area (Å²) in [6.45, 7) is 3.42. The first-order valence-electron chi connectivity index (χ1n) is 10.2. The van der Waals surface area contributed by atoms with Gasteiger partial charge in [-0.15, -0.1) is 0 Å². The van der Waals surface area contributed by atoms with Gasteiger partial charge in [-0.05, 0) is 24.5 Å². The molecule has 10 heteroatoms. The van der Waals surface area contributed by atoms with Gasteiger partial charge >= 0.3 is 5.69 Å². The third-order valence-electron chi connectivity index (χ3n) is 5.66. The van der Waals surface area contributed by atoms with Crippen molar-refractivity contribution < 1.29 is 14.6 Å². The van der Waals surface area contributed by atoms with E-state index in [1.54, 1.807) is 21.3 Å². The van der Waals surface area contributed by atoms with Crippen LogP contribution in [-0.2, 0) is 20.1 Å². The van der Waals surface area contributed by atoms with Crippen LogP contribution in [0.4, 0.5) is 11.6 Å². The van der Waals surface area contributed by atoms with Gasteiger partial charge in [-0.2, -0.15) is 4.98 Å². The van der Waals surface area contributed by atoms with Gasteiger partial charge in [0.2, 0.25) is 5.95 Å². The van der Waals surface area contributed by atoms with Crippen LogP contribution in [0.15, 0.2) is 27.8 Å². The van der Waals surface area contributed by atoms with E-state index >= 15 is 0 Å². The number of aliphatic hydroxyl groups excluding tert-OH is 1.